The number of hydrogen-bond donors (Lipinski definition) is 1. The lowest BCUT2D eigenvalue weighted by molar-refractivity contribution is 0.103. The molecule has 0 radical (unpaired) electrons. The normalized spacial score (nSPS) is 10.7. The second kappa shape index (κ2) is 8.94. The van der Waals surface area contributed by atoms with Gasteiger partial charge in [-0.25, -0.2) is 0 Å². The van der Waals surface area contributed by atoms with Gasteiger partial charge in [0.25, 0.3) is 5.91 Å². The highest BCUT2D eigenvalue weighted by Crippen LogP contribution is 2.19. The maximum atomic E-state index is 12.5. The van der Waals surface area contributed by atoms with Gasteiger partial charge in [0.15, 0.2) is 0 Å². The Morgan fingerprint density at radius 3 is 2.69 bits per heavy atom. The van der Waals surface area contributed by atoms with E-state index in [1.807, 2.05) is 66.0 Å². The third-order valence-electron chi connectivity index (χ3n) is 4.18. The summed E-state index contributed by atoms with van der Waals surface area (Å²) in [5.74, 6) is 0.643. The van der Waals surface area contributed by atoms with Crippen LogP contribution in [0, 0.1) is 0 Å². The molecule has 0 bridgehead atoms. The quantitative estimate of drug-likeness (QED) is 0.428. The van der Waals surface area contributed by atoms with Crippen molar-refractivity contribution in [1.29, 1.82) is 0 Å². The van der Waals surface area contributed by atoms with Gasteiger partial charge in [0.1, 0.15) is 12.4 Å². The Labute approximate surface area is 177 Å². The molecule has 0 fully saturated rings. The van der Waals surface area contributed by atoms with Crippen molar-refractivity contribution in [3.63, 3.8) is 0 Å². The Bertz CT molecular complexity index is 1090. The number of carbonyl (C=O) groups excluding carboxylic acids is 1. The Morgan fingerprint density at radius 2 is 1.90 bits per heavy atom. The average Bonchev–Trinajstić information content (AvgIpc) is 3.39. The lowest BCUT2D eigenvalue weighted by Crippen LogP contribution is -2.09. The van der Waals surface area contributed by atoms with Crippen LogP contribution >= 0.6 is 22.9 Å². The van der Waals surface area contributed by atoms with Gasteiger partial charge in [-0.15, -0.1) is 11.3 Å². The van der Waals surface area contributed by atoms with Crippen molar-refractivity contribution in [2.45, 2.75) is 13.2 Å². The minimum atomic E-state index is -0.160. The fourth-order valence-electron chi connectivity index (χ4n) is 2.74. The Balaban J connectivity index is 1.33. The van der Waals surface area contributed by atoms with Gasteiger partial charge in [-0.3, -0.25) is 9.48 Å². The lowest BCUT2D eigenvalue weighted by Gasteiger charge is -2.03. The van der Waals surface area contributed by atoms with E-state index in [1.54, 1.807) is 17.1 Å². The summed E-state index contributed by atoms with van der Waals surface area (Å²) < 4.78 is 7.49. The second-order valence-corrected chi connectivity index (χ2v) is 7.78. The highest BCUT2D eigenvalue weighted by atomic mass is 35.5. The number of carbonyl (C=O) groups is 1. The zero-order chi connectivity index (χ0) is 20.1. The molecule has 0 atom stereocenters. The monoisotopic (exact) mass is 423 g/mol. The van der Waals surface area contributed by atoms with Crippen molar-refractivity contribution in [3.05, 3.63) is 99.5 Å². The third-order valence-corrected chi connectivity index (χ3v) is 5.40. The third kappa shape index (κ3) is 5.25. The molecule has 0 aliphatic carbocycles. The summed E-state index contributed by atoms with van der Waals surface area (Å²) in [4.78, 5) is 13.1. The molecule has 2 aromatic heterocycles. The summed E-state index contributed by atoms with van der Waals surface area (Å²) in [5.41, 5.74) is 2.69. The van der Waals surface area contributed by atoms with Crippen LogP contribution in [-0.2, 0) is 13.2 Å². The van der Waals surface area contributed by atoms with Crippen molar-refractivity contribution in [2.75, 3.05) is 5.32 Å². The Hall–Kier alpha value is -3.09. The van der Waals surface area contributed by atoms with Crippen molar-refractivity contribution in [1.82, 2.24) is 9.78 Å². The molecule has 5 nitrogen and oxygen atoms in total. The number of aromatic nitrogens is 2. The number of benzene rings is 2. The van der Waals surface area contributed by atoms with Gasteiger partial charge in [-0.05, 0) is 41.3 Å². The second-order valence-electron chi connectivity index (χ2n) is 6.43. The van der Waals surface area contributed by atoms with E-state index in [9.17, 15) is 4.79 Å². The van der Waals surface area contributed by atoms with Crippen molar-refractivity contribution >= 4 is 34.5 Å². The minimum absolute atomic E-state index is 0.160. The first-order valence-electron chi connectivity index (χ1n) is 8.99. The number of nitrogens with one attached hydrogen (secondary N) is 1. The predicted molar refractivity (Wildman–Crippen MR) is 116 cm³/mol. The minimum Gasteiger partial charge on any atom is -0.489 e. The molecule has 0 saturated heterocycles. The zero-order valence-electron chi connectivity index (χ0n) is 15.4. The van der Waals surface area contributed by atoms with Gasteiger partial charge >= 0.3 is 0 Å². The molecule has 29 heavy (non-hydrogen) atoms. The number of hydrogen-bond acceptors (Lipinski definition) is 4. The lowest BCUT2D eigenvalue weighted by atomic mass is 10.2. The Morgan fingerprint density at radius 1 is 1.10 bits per heavy atom. The zero-order valence-corrected chi connectivity index (χ0v) is 17.0. The number of ether oxygens (including phenoxy) is 1. The Kier molecular flexibility index (Phi) is 5.93. The number of para-hydroxylation sites is 1. The maximum Gasteiger partial charge on any atom is 0.265 e. The van der Waals surface area contributed by atoms with Gasteiger partial charge in [0.05, 0.1) is 23.3 Å². The average molecular weight is 424 g/mol. The standard InChI is InChI=1S/C22H18ClN3O2S/c23-18-8-6-16(7-9-18)12-26-13-19(11-24-26)25-22(27)21-10-17(15-29-21)14-28-20-4-2-1-3-5-20/h1-11,13,15H,12,14H2,(H,25,27). The van der Waals surface area contributed by atoms with E-state index in [4.69, 9.17) is 16.3 Å². The molecule has 7 heteroatoms. The first-order chi connectivity index (χ1) is 14.2. The topological polar surface area (TPSA) is 56.2 Å². The molecule has 146 valence electrons. The molecule has 4 rings (SSSR count). The molecular formula is C22H18ClN3O2S. The summed E-state index contributed by atoms with van der Waals surface area (Å²) in [5, 5.41) is 9.82. The van der Waals surface area contributed by atoms with E-state index in [1.165, 1.54) is 11.3 Å². The van der Waals surface area contributed by atoms with Crippen LogP contribution in [0.1, 0.15) is 20.8 Å². The van der Waals surface area contributed by atoms with Crippen molar-refractivity contribution in [3.8, 4) is 5.75 Å². The predicted octanol–water partition coefficient (Wildman–Crippen LogP) is 5.48. The van der Waals surface area contributed by atoms with E-state index < -0.39 is 0 Å². The van der Waals surface area contributed by atoms with Crippen LogP contribution < -0.4 is 10.1 Å². The van der Waals surface area contributed by atoms with Gasteiger partial charge in [0.2, 0.25) is 0 Å². The van der Waals surface area contributed by atoms with Crippen molar-refractivity contribution in [2.24, 2.45) is 0 Å². The van der Waals surface area contributed by atoms with Gasteiger partial charge in [-0.2, -0.15) is 5.10 Å². The highest BCUT2D eigenvalue weighted by molar-refractivity contribution is 7.12. The van der Waals surface area contributed by atoms with Gasteiger partial charge < -0.3 is 10.1 Å². The van der Waals surface area contributed by atoms with Crippen LogP contribution in [-0.4, -0.2) is 15.7 Å². The number of nitrogens with zero attached hydrogens (tertiary/aromatic N) is 2. The number of anilines is 1. The summed E-state index contributed by atoms with van der Waals surface area (Å²) in [6.45, 7) is 1.03. The molecule has 1 amide bonds. The molecule has 0 spiro atoms. The number of thiophene rings is 1. The number of amides is 1. The number of halogens is 1. The van der Waals surface area contributed by atoms with Crippen LogP contribution in [0.4, 0.5) is 5.69 Å². The smallest absolute Gasteiger partial charge is 0.265 e. The first-order valence-corrected chi connectivity index (χ1v) is 10.2. The molecular weight excluding hydrogens is 406 g/mol. The SMILES string of the molecule is O=C(Nc1cnn(Cc2ccc(Cl)cc2)c1)c1cc(COc2ccccc2)cs1. The summed E-state index contributed by atoms with van der Waals surface area (Å²) in [7, 11) is 0. The highest BCUT2D eigenvalue weighted by Gasteiger charge is 2.11. The number of rotatable bonds is 7. The maximum absolute atomic E-state index is 12.5. The first kappa shape index (κ1) is 19.2. The fourth-order valence-corrected chi connectivity index (χ4v) is 3.66. The molecule has 0 unspecified atom stereocenters. The van der Waals surface area contributed by atoms with Crippen LogP contribution in [0.2, 0.25) is 5.02 Å². The van der Waals surface area contributed by atoms with Crippen LogP contribution in [0.5, 0.6) is 5.75 Å². The van der Waals surface area contributed by atoms with Crippen LogP contribution in [0.3, 0.4) is 0 Å². The molecule has 1 N–H and O–H groups in total. The fraction of sp³-hybridized carbons (Fsp3) is 0.0909. The largest absolute Gasteiger partial charge is 0.489 e. The molecule has 2 heterocycles. The van der Waals surface area contributed by atoms with E-state index in [2.05, 4.69) is 10.4 Å². The molecule has 0 aliphatic heterocycles. The van der Waals surface area contributed by atoms with Gasteiger partial charge in [0, 0.05) is 16.8 Å². The van der Waals surface area contributed by atoms with Crippen LogP contribution in [0.15, 0.2) is 78.4 Å². The molecule has 2 aromatic carbocycles. The molecule has 0 saturated carbocycles. The van der Waals surface area contributed by atoms with E-state index in [0.717, 1.165) is 16.9 Å². The van der Waals surface area contributed by atoms with Crippen LogP contribution in [0.25, 0.3) is 0 Å². The summed E-state index contributed by atoms with van der Waals surface area (Å²) in [6.07, 6.45) is 3.44. The molecule has 4 aromatic rings. The van der Waals surface area contributed by atoms with E-state index >= 15 is 0 Å². The van der Waals surface area contributed by atoms with E-state index in [-0.39, 0.29) is 5.91 Å². The molecule has 0 aliphatic rings. The van der Waals surface area contributed by atoms with E-state index in [0.29, 0.717) is 28.7 Å². The van der Waals surface area contributed by atoms with Crippen molar-refractivity contribution < 1.29 is 9.53 Å². The van der Waals surface area contributed by atoms with Gasteiger partial charge in [-0.1, -0.05) is 41.9 Å². The summed E-state index contributed by atoms with van der Waals surface area (Å²) in [6, 6.07) is 19.0. The summed E-state index contributed by atoms with van der Waals surface area (Å²) >= 11 is 7.30.